The van der Waals surface area contributed by atoms with Gasteiger partial charge in [0.25, 0.3) is 5.95 Å². The van der Waals surface area contributed by atoms with E-state index in [0.717, 1.165) is 54.7 Å². The van der Waals surface area contributed by atoms with E-state index in [1.54, 1.807) is 0 Å². The zero-order valence-electron chi connectivity index (χ0n) is 28.2. The summed E-state index contributed by atoms with van der Waals surface area (Å²) in [6, 6.07) is 48.5. The summed E-state index contributed by atoms with van der Waals surface area (Å²) in [6.45, 7) is 9.34. The molecule has 8 aromatic rings. The van der Waals surface area contributed by atoms with Gasteiger partial charge in [-0.1, -0.05) is 61.5 Å². The molecule has 0 N–H and O–H groups in total. The van der Waals surface area contributed by atoms with Crippen molar-refractivity contribution in [3.05, 3.63) is 140 Å². The molecule has 4 heterocycles. The number of rotatable bonds is 7. The summed E-state index contributed by atoms with van der Waals surface area (Å²) in [5.41, 5.74) is 5.55. The average Bonchev–Trinajstić information content (AvgIpc) is 3.49. The Morgan fingerprint density at radius 2 is 0.961 bits per heavy atom. The normalized spacial score (nSPS) is 11.6. The minimum Gasteiger partial charge on any atom is -0.326 e. The van der Waals surface area contributed by atoms with E-state index in [4.69, 9.17) is 0 Å². The Bertz CT molecular complexity index is 2310. The molecule has 0 aliphatic rings. The SMILES string of the molecule is C[Si](C)(c1[c-]c(-c2ccccn2)ccc1)c1[c-]c2c(cc1)c1ccc([Si](C)(C)c3[c-]c(-c4ccccn4)ccc3)[c-]c1n2-c1nncnn1.[Pd+2].[Pt+2]. The van der Waals surface area contributed by atoms with Crippen molar-refractivity contribution in [1.29, 1.82) is 0 Å². The van der Waals surface area contributed by atoms with Gasteiger partial charge in [0.05, 0.1) is 16.1 Å². The van der Waals surface area contributed by atoms with Crippen LogP contribution in [-0.4, -0.2) is 51.1 Å². The van der Waals surface area contributed by atoms with Gasteiger partial charge in [-0.3, -0.25) is 0 Å². The number of aromatic nitrogens is 7. The third kappa shape index (κ3) is 6.75. The van der Waals surface area contributed by atoms with E-state index in [9.17, 15) is 0 Å². The molecule has 0 radical (unpaired) electrons. The summed E-state index contributed by atoms with van der Waals surface area (Å²) < 4.78 is 2.01. The van der Waals surface area contributed by atoms with Crippen molar-refractivity contribution in [2.24, 2.45) is 0 Å². The largest absolute Gasteiger partial charge is 2.00 e. The zero-order valence-corrected chi connectivity index (χ0v) is 34.1. The molecule has 8 rings (SSSR count). The topological polar surface area (TPSA) is 82.3 Å². The summed E-state index contributed by atoms with van der Waals surface area (Å²) in [5.74, 6) is 0.385. The molecule has 254 valence electrons. The second-order valence-corrected chi connectivity index (χ2v) is 21.7. The van der Waals surface area contributed by atoms with Gasteiger partial charge in [0.2, 0.25) is 0 Å². The molecule has 0 fully saturated rings. The monoisotopic (exact) mass is 966 g/mol. The number of nitrogens with zero attached hydrogens (tertiary/aromatic N) is 7. The Morgan fingerprint density at radius 3 is 1.39 bits per heavy atom. The molecule has 0 amide bonds. The summed E-state index contributed by atoms with van der Waals surface area (Å²) in [4.78, 5) is 9.12. The van der Waals surface area contributed by atoms with Crippen LogP contribution in [-0.2, 0) is 41.5 Å². The molecule has 11 heteroatoms. The Balaban J connectivity index is 0.00000224. The van der Waals surface area contributed by atoms with Crippen LogP contribution in [0.2, 0.25) is 26.2 Å². The molecule has 0 aliphatic carbocycles. The van der Waals surface area contributed by atoms with Crippen molar-refractivity contribution in [1.82, 2.24) is 34.9 Å². The van der Waals surface area contributed by atoms with Crippen LogP contribution in [0, 0.1) is 24.3 Å². The van der Waals surface area contributed by atoms with Gasteiger partial charge in [0, 0.05) is 12.4 Å². The van der Waals surface area contributed by atoms with Gasteiger partial charge < -0.3 is 14.5 Å². The summed E-state index contributed by atoms with van der Waals surface area (Å²) >= 11 is 0. The maximum Gasteiger partial charge on any atom is 2.00 e. The van der Waals surface area contributed by atoms with E-state index < -0.39 is 16.1 Å². The number of fused-ring (bicyclic) bond motifs is 3. The molecule has 7 nitrogen and oxygen atoms in total. The van der Waals surface area contributed by atoms with Crippen LogP contribution in [0.1, 0.15) is 0 Å². The number of hydrogen-bond donors (Lipinski definition) is 0. The first-order valence-electron chi connectivity index (χ1n) is 16.1. The van der Waals surface area contributed by atoms with Crippen LogP contribution in [0.15, 0.2) is 116 Å². The van der Waals surface area contributed by atoms with Crippen molar-refractivity contribution >= 4 is 58.7 Å². The van der Waals surface area contributed by atoms with Crippen molar-refractivity contribution in [3.8, 4) is 28.5 Å². The second kappa shape index (κ2) is 14.7. The van der Waals surface area contributed by atoms with E-state index in [1.807, 2.05) is 53.4 Å². The molecule has 4 aromatic carbocycles. The van der Waals surface area contributed by atoms with Crippen molar-refractivity contribution in [2.75, 3.05) is 0 Å². The average molecular weight is 967 g/mol. The van der Waals surface area contributed by atoms with Crippen LogP contribution in [0.3, 0.4) is 0 Å². The first-order valence-corrected chi connectivity index (χ1v) is 22.1. The third-order valence-corrected chi connectivity index (χ3v) is 15.9. The van der Waals surface area contributed by atoms with E-state index >= 15 is 0 Å². The first-order chi connectivity index (χ1) is 23.8. The minimum atomic E-state index is -2.27. The Hall–Kier alpha value is -4.30. The molecule has 0 atom stereocenters. The van der Waals surface area contributed by atoms with E-state index in [-0.39, 0.29) is 41.5 Å². The van der Waals surface area contributed by atoms with Crippen LogP contribution < -0.4 is 20.7 Å². The van der Waals surface area contributed by atoms with Gasteiger partial charge >= 0.3 is 41.5 Å². The fourth-order valence-corrected chi connectivity index (χ4v) is 10.7. The van der Waals surface area contributed by atoms with Crippen molar-refractivity contribution in [3.63, 3.8) is 0 Å². The molecule has 0 aliphatic heterocycles. The number of hydrogen-bond acceptors (Lipinski definition) is 6. The molecule has 51 heavy (non-hydrogen) atoms. The Kier molecular flexibility index (Phi) is 10.6. The standard InChI is InChI=1S/C40H31N7Si2.Pd.Pt/c1-48(2,30-13-9-11-28(23-30)36-15-5-7-21-41-36)32-17-19-34-35-20-18-33(26-39(35)47(38(34)25-32)40-45-43-27-44-46-40)49(3,4)31-14-10-12-29(24-31)37-16-6-8-22-42-37;;/h5-22,27H,1-4H3;;/q-4;2*+2. The quantitative estimate of drug-likeness (QED) is 0.159. The zero-order chi connectivity index (χ0) is 33.6. The predicted molar refractivity (Wildman–Crippen MR) is 200 cm³/mol. The van der Waals surface area contributed by atoms with Gasteiger partial charge in [0.15, 0.2) is 6.33 Å². The summed E-state index contributed by atoms with van der Waals surface area (Å²) in [6.07, 6.45) is 4.98. The molecule has 4 aromatic heterocycles. The van der Waals surface area contributed by atoms with E-state index in [2.05, 4.69) is 141 Å². The van der Waals surface area contributed by atoms with Crippen molar-refractivity contribution in [2.45, 2.75) is 26.2 Å². The van der Waals surface area contributed by atoms with Gasteiger partial charge in [-0.15, -0.1) is 90.4 Å². The molecular weight excluding hydrogens is 936 g/mol. The molecule has 0 saturated carbocycles. The molecular formula is C40H31N7PdPtSi2. The fraction of sp³-hybridized carbons (Fsp3) is 0.100. The van der Waals surface area contributed by atoms with Crippen LogP contribution in [0.25, 0.3) is 50.3 Å². The number of pyridine rings is 2. The summed E-state index contributed by atoms with van der Waals surface area (Å²) in [7, 11) is -4.53. The first kappa shape index (κ1) is 36.5. The summed E-state index contributed by atoms with van der Waals surface area (Å²) in [5, 5.41) is 23.7. The maximum absolute atomic E-state index is 4.56. The Labute approximate surface area is 327 Å². The van der Waals surface area contributed by atoms with E-state index in [1.165, 1.54) is 16.7 Å². The van der Waals surface area contributed by atoms with Crippen LogP contribution >= 0.6 is 0 Å². The fourth-order valence-electron chi connectivity index (χ4n) is 6.38. The van der Waals surface area contributed by atoms with Crippen LogP contribution in [0.4, 0.5) is 0 Å². The van der Waals surface area contributed by atoms with Gasteiger partial charge in [0.1, 0.15) is 0 Å². The van der Waals surface area contributed by atoms with Gasteiger partial charge in [-0.2, -0.15) is 57.5 Å². The number of benzene rings is 4. The van der Waals surface area contributed by atoms with Gasteiger partial charge in [-0.05, 0) is 23.5 Å². The molecule has 0 spiro atoms. The Morgan fingerprint density at radius 1 is 0.510 bits per heavy atom. The third-order valence-electron chi connectivity index (χ3n) is 9.35. The molecule has 0 bridgehead atoms. The predicted octanol–water partition coefficient (Wildman–Crippen LogP) is 5.33. The van der Waals surface area contributed by atoms with Crippen molar-refractivity contribution < 1.29 is 41.5 Å². The smallest absolute Gasteiger partial charge is 0.326 e. The minimum absolute atomic E-state index is 0. The van der Waals surface area contributed by atoms with E-state index in [0.29, 0.717) is 5.95 Å². The molecule has 0 saturated heterocycles. The maximum atomic E-state index is 4.56. The van der Waals surface area contributed by atoms with Gasteiger partial charge in [-0.25, -0.2) is 0 Å². The van der Waals surface area contributed by atoms with Crippen LogP contribution in [0.5, 0.6) is 0 Å². The molecule has 0 unspecified atom stereocenters. The second-order valence-electron chi connectivity index (χ2n) is 13.1.